The zero-order valence-corrected chi connectivity index (χ0v) is 8.88. The Hall–Kier alpha value is -1.55. The van der Waals surface area contributed by atoms with E-state index in [2.05, 4.69) is 10.3 Å². The number of amidine groups is 1. The highest BCUT2D eigenvalue weighted by atomic mass is 35.5. The number of amides is 2. The summed E-state index contributed by atoms with van der Waals surface area (Å²) in [7, 11) is 0. The van der Waals surface area contributed by atoms with E-state index in [-0.39, 0.29) is 6.04 Å². The molecule has 0 spiro atoms. The van der Waals surface area contributed by atoms with Gasteiger partial charge < -0.3 is 11.1 Å². The molecule has 1 aromatic carbocycles. The van der Waals surface area contributed by atoms with Gasteiger partial charge in [-0.05, 0) is 30.2 Å². The fourth-order valence-corrected chi connectivity index (χ4v) is 1.84. The quantitative estimate of drug-likeness (QED) is 0.762. The third-order valence-electron chi connectivity index (χ3n) is 2.34. The van der Waals surface area contributed by atoms with Gasteiger partial charge in [0.1, 0.15) is 11.9 Å². The number of urea groups is 1. The van der Waals surface area contributed by atoms with Crippen LogP contribution in [-0.2, 0) is 0 Å². The summed E-state index contributed by atoms with van der Waals surface area (Å²) in [4.78, 5) is 14.6. The predicted octanol–water partition coefficient (Wildman–Crippen LogP) is 1.77. The van der Waals surface area contributed by atoms with Crippen molar-refractivity contribution in [3.05, 3.63) is 34.3 Å². The molecule has 15 heavy (non-hydrogen) atoms. The minimum atomic E-state index is -0.396. The van der Waals surface area contributed by atoms with Crippen LogP contribution in [0.5, 0.6) is 0 Å². The van der Waals surface area contributed by atoms with Gasteiger partial charge >= 0.3 is 6.03 Å². The van der Waals surface area contributed by atoms with Crippen LogP contribution in [0, 0.1) is 6.92 Å². The Labute approximate surface area is 92.1 Å². The zero-order chi connectivity index (χ0) is 11.0. The van der Waals surface area contributed by atoms with Gasteiger partial charge in [-0.3, -0.25) is 0 Å². The average molecular weight is 224 g/mol. The Morgan fingerprint density at radius 2 is 2.27 bits per heavy atom. The van der Waals surface area contributed by atoms with Gasteiger partial charge in [-0.2, -0.15) is 4.99 Å². The van der Waals surface area contributed by atoms with Crippen molar-refractivity contribution in [3.63, 3.8) is 0 Å². The van der Waals surface area contributed by atoms with E-state index in [1.807, 2.05) is 19.1 Å². The Bertz CT molecular complexity index is 456. The molecule has 0 aliphatic carbocycles. The van der Waals surface area contributed by atoms with Crippen LogP contribution < -0.4 is 11.1 Å². The monoisotopic (exact) mass is 223 g/mol. The van der Waals surface area contributed by atoms with Crippen LogP contribution in [0.25, 0.3) is 0 Å². The maximum absolute atomic E-state index is 11.0. The van der Waals surface area contributed by atoms with E-state index >= 15 is 0 Å². The molecular formula is C10H10ClN3O. The fourth-order valence-electron chi connectivity index (χ4n) is 1.61. The number of nitrogens with zero attached hydrogens (tertiary/aromatic N) is 1. The number of nitrogens with one attached hydrogen (secondary N) is 1. The largest absolute Gasteiger partial charge is 0.385 e. The first-order valence-electron chi connectivity index (χ1n) is 4.48. The van der Waals surface area contributed by atoms with E-state index in [4.69, 9.17) is 17.3 Å². The number of halogens is 1. The molecule has 1 unspecified atom stereocenters. The van der Waals surface area contributed by atoms with E-state index in [9.17, 15) is 4.79 Å². The van der Waals surface area contributed by atoms with E-state index in [1.54, 1.807) is 6.07 Å². The molecule has 0 saturated heterocycles. The Morgan fingerprint density at radius 1 is 1.53 bits per heavy atom. The van der Waals surface area contributed by atoms with Gasteiger partial charge in [0.05, 0.1) is 0 Å². The molecular weight excluding hydrogens is 214 g/mol. The molecule has 2 amide bonds. The van der Waals surface area contributed by atoms with E-state index < -0.39 is 6.03 Å². The van der Waals surface area contributed by atoms with Crippen molar-refractivity contribution in [2.24, 2.45) is 10.7 Å². The van der Waals surface area contributed by atoms with Crippen molar-refractivity contribution in [2.45, 2.75) is 13.0 Å². The first-order chi connectivity index (χ1) is 7.08. The molecule has 5 heteroatoms. The standard InChI is InChI=1S/C10H10ClN3O/c1-5-4-6(11)2-3-7(5)8-9(12)14-10(15)13-8/h2-4,8H,1H3,(H3,12,13,14,15). The van der Waals surface area contributed by atoms with Crippen molar-refractivity contribution < 1.29 is 4.79 Å². The van der Waals surface area contributed by atoms with E-state index in [0.29, 0.717) is 10.9 Å². The summed E-state index contributed by atoms with van der Waals surface area (Å²) >= 11 is 5.84. The second-order valence-electron chi connectivity index (χ2n) is 3.42. The fraction of sp³-hybridized carbons (Fsp3) is 0.200. The number of rotatable bonds is 1. The molecule has 1 heterocycles. The summed E-state index contributed by atoms with van der Waals surface area (Å²) in [5.41, 5.74) is 7.54. The lowest BCUT2D eigenvalue weighted by molar-refractivity contribution is 0.250. The van der Waals surface area contributed by atoms with Gasteiger partial charge in [0.25, 0.3) is 0 Å². The van der Waals surface area contributed by atoms with Crippen LogP contribution in [-0.4, -0.2) is 11.9 Å². The third-order valence-corrected chi connectivity index (χ3v) is 2.57. The minimum absolute atomic E-state index is 0.297. The van der Waals surface area contributed by atoms with Crippen LogP contribution in [0.2, 0.25) is 5.02 Å². The highest BCUT2D eigenvalue weighted by Crippen LogP contribution is 2.23. The summed E-state index contributed by atoms with van der Waals surface area (Å²) in [6, 6.07) is 4.72. The second-order valence-corrected chi connectivity index (χ2v) is 3.86. The van der Waals surface area contributed by atoms with E-state index in [1.165, 1.54) is 0 Å². The number of aliphatic imine (C=N–C) groups is 1. The summed E-state index contributed by atoms with van der Waals surface area (Å²) in [5.74, 6) is 0.297. The number of hydrogen-bond donors (Lipinski definition) is 2. The van der Waals surface area contributed by atoms with Crippen molar-refractivity contribution in [3.8, 4) is 0 Å². The predicted molar refractivity (Wildman–Crippen MR) is 59.1 cm³/mol. The van der Waals surface area contributed by atoms with Crippen LogP contribution in [0.15, 0.2) is 23.2 Å². The van der Waals surface area contributed by atoms with Crippen LogP contribution in [0.1, 0.15) is 17.2 Å². The van der Waals surface area contributed by atoms with Gasteiger partial charge in [0.2, 0.25) is 0 Å². The summed E-state index contributed by atoms with van der Waals surface area (Å²) in [6.45, 7) is 1.92. The Balaban J connectivity index is 2.39. The molecule has 1 atom stereocenters. The molecule has 3 N–H and O–H groups in total. The molecule has 4 nitrogen and oxygen atoms in total. The highest BCUT2D eigenvalue weighted by molar-refractivity contribution is 6.30. The lowest BCUT2D eigenvalue weighted by atomic mass is 10.0. The van der Waals surface area contributed by atoms with Crippen molar-refractivity contribution in [1.82, 2.24) is 5.32 Å². The summed E-state index contributed by atoms with van der Waals surface area (Å²) < 4.78 is 0. The number of carbonyl (C=O) groups excluding carboxylic acids is 1. The number of hydrogen-bond acceptors (Lipinski definition) is 2. The molecule has 1 aromatic rings. The molecule has 2 rings (SSSR count). The van der Waals surface area contributed by atoms with Gasteiger partial charge in [0.15, 0.2) is 0 Å². The molecule has 1 aliphatic heterocycles. The maximum Gasteiger partial charge on any atom is 0.343 e. The summed E-state index contributed by atoms with van der Waals surface area (Å²) in [6.07, 6.45) is 0. The minimum Gasteiger partial charge on any atom is -0.385 e. The van der Waals surface area contributed by atoms with E-state index in [0.717, 1.165) is 11.1 Å². The van der Waals surface area contributed by atoms with Crippen molar-refractivity contribution >= 4 is 23.5 Å². The van der Waals surface area contributed by atoms with Crippen LogP contribution >= 0.6 is 11.6 Å². The van der Waals surface area contributed by atoms with Gasteiger partial charge in [-0.25, -0.2) is 4.79 Å². The summed E-state index contributed by atoms with van der Waals surface area (Å²) in [5, 5.41) is 3.33. The normalized spacial score (nSPS) is 20.0. The van der Waals surface area contributed by atoms with Gasteiger partial charge in [0, 0.05) is 5.02 Å². The lowest BCUT2D eigenvalue weighted by Gasteiger charge is -2.13. The second kappa shape index (κ2) is 3.55. The van der Waals surface area contributed by atoms with Crippen LogP contribution in [0.3, 0.4) is 0 Å². The highest BCUT2D eigenvalue weighted by Gasteiger charge is 2.26. The SMILES string of the molecule is Cc1cc(Cl)ccc1C1NC(=O)N=C1N. The molecule has 0 aromatic heterocycles. The first-order valence-corrected chi connectivity index (χ1v) is 4.86. The average Bonchev–Trinajstić information content (AvgIpc) is 2.45. The first kappa shape index (κ1) is 9.98. The van der Waals surface area contributed by atoms with Crippen molar-refractivity contribution in [1.29, 1.82) is 0 Å². The molecule has 0 fully saturated rings. The number of nitrogens with two attached hydrogens (primary N) is 1. The van der Waals surface area contributed by atoms with Gasteiger partial charge in [-0.1, -0.05) is 17.7 Å². The maximum atomic E-state index is 11.0. The lowest BCUT2D eigenvalue weighted by Crippen LogP contribution is -2.28. The van der Waals surface area contributed by atoms with Crippen LogP contribution in [0.4, 0.5) is 4.79 Å². The number of benzene rings is 1. The number of aryl methyl sites for hydroxylation is 1. The topological polar surface area (TPSA) is 67.5 Å². The van der Waals surface area contributed by atoms with Crippen molar-refractivity contribution in [2.75, 3.05) is 0 Å². The number of carbonyl (C=O) groups is 1. The molecule has 1 aliphatic rings. The molecule has 78 valence electrons. The molecule has 0 saturated carbocycles. The van der Waals surface area contributed by atoms with Gasteiger partial charge in [-0.15, -0.1) is 0 Å². The Kier molecular flexibility index (Phi) is 2.36. The smallest absolute Gasteiger partial charge is 0.343 e. The molecule has 0 bridgehead atoms. The zero-order valence-electron chi connectivity index (χ0n) is 8.12. The third kappa shape index (κ3) is 1.80. The Morgan fingerprint density at radius 3 is 2.80 bits per heavy atom. The molecule has 0 radical (unpaired) electrons.